The molecule has 7 aromatic carbocycles. The van der Waals surface area contributed by atoms with Crippen LogP contribution in [0.2, 0.25) is 0 Å². The Balaban J connectivity index is 1.38. The lowest BCUT2D eigenvalue weighted by molar-refractivity contribution is 1.30. The molecule has 7 aromatic rings. The molecular formula is C40H29N. The van der Waals surface area contributed by atoms with Gasteiger partial charge in [0.15, 0.2) is 0 Å². The quantitative estimate of drug-likeness (QED) is 0.209. The minimum Gasteiger partial charge on any atom is -0.310 e. The lowest BCUT2D eigenvalue weighted by Crippen LogP contribution is -2.10. The SMILES string of the molecule is c1ccc(-c2ccc(N(c3ccc(-c4ccccc4)cc3)c3cccc4c(-c5ccccc5)cccc34)cc2)cc1. The number of nitrogens with zero attached hydrogens (tertiary/aromatic N) is 1. The van der Waals surface area contributed by atoms with E-state index in [2.05, 4.69) is 181 Å². The number of hydrogen-bond donors (Lipinski definition) is 0. The number of benzene rings is 7. The fourth-order valence-electron chi connectivity index (χ4n) is 5.65. The van der Waals surface area contributed by atoms with Gasteiger partial charge in [0, 0.05) is 16.8 Å². The molecule has 7 rings (SSSR count). The second-order valence-corrected chi connectivity index (χ2v) is 10.2. The van der Waals surface area contributed by atoms with Crippen LogP contribution in [-0.4, -0.2) is 0 Å². The third kappa shape index (κ3) is 4.90. The van der Waals surface area contributed by atoms with Gasteiger partial charge in [-0.3, -0.25) is 0 Å². The molecule has 0 saturated carbocycles. The van der Waals surface area contributed by atoms with Gasteiger partial charge >= 0.3 is 0 Å². The van der Waals surface area contributed by atoms with Crippen molar-refractivity contribution in [3.8, 4) is 33.4 Å². The van der Waals surface area contributed by atoms with E-state index >= 15 is 0 Å². The van der Waals surface area contributed by atoms with Crippen LogP contribution in [0, 0.1) is 0 Å². The maximum atomic E-state index is 2.38. The van der Waals surface area contributed by atoms with Gasteiger partial charge in [-0.25, -0.2) is 0 Å². The zero-order chi connectivity index (χ0) is 27.4. The summed E-state index contributed by atoms with van der Waals surface area (Å²) >= 11 is 0. The fraction of sp³-hybridized carbons (Fsp3) is 0. The molecule has 41 heavy (non-hydrogen) atoms. The van der Waals surface area contributed by atoms with Crippen molar-refractivity contribution in [1.29, 1.82) is 0 Å². The van der Waals surface area contributed by atoms with Crippen molar-refractivity contribution in [3.05, 3.63) is 176 Å². The maximum Gasteiger partial charge on any atom is 0.0540 e. The van der Waals surface area contributed by atoms with Crippen molar-refractivity contribution in [2.75, 3.05) is 4.90 Å². The van der Waals surface area contributed by atoms with Crippen LogP contribution >= 0.6 is 0 Å². The van der Waals surface area contributed by atoms with E-state index in [0.717, 1.165) is 17.1 Å². The minimum absolute atomic E-state index is 1.12. The molecule has 0 aromatic heterocycles. The smallest absolute Gasteiger partial charge is 0.0540 e. The third-order valence-corrected chi connectivity index (χ3v) is 7.69. The first-order valence-electron chi connectivity index (χ1n) is 14.0. The Kier molecular flexibility index (Phi) is 6.61. The normalized spacial score (nSPS) is 10.9. The molecule has 0 unspecified atom stereocenters. The average molecular weight is 524 g/mol. The standard InChI is InChI=1S/C40H29N/c1-4-12-30(13-5-1)32-22-26-35(27-23-32)41(36-28-24-33(25-29-36)31-14-6-2-7-15-31)40-21-11-19-38-37(18-10-20-39(38)40)34-16-8-3-9-17-34/h1-29H. The first-order valence-corrected chi connectivity index (χ1v) is 14.0. The zero-order valence-corrected chi connectivity index (χ0v) is 22.7. The predicted octanol–water partition coefficient (Wildman–Crippen LogP) is 11.3. The van der Waals surface area contributed by atoms with E-state index in [0.29, 0.717) is 0 Å². The predicted molar refractivity (Wildman–Crippen MR) is 175 cm³/mol. The van der Waals surface area contributed by atoms with Crippen molar-refractivity contribution in [2.24, 2.45) is 0 Å². The Morgan fingerprint density at radius 3 is 1.20 bits per heavy atom. The van der Waals surface area contributed by atoms with Gasteiger partial charge in [0.1, 0.15) is 0 Å². The Bertz CT molecular complexity index is 1810. The molecule has 0 spiro atoms. The van der Waals surface area contributed by atoms with Gasteiger partial charge in [-0.2, -0.15) is 0 Å². The van der Waals surface area contributed by atoms with Gasteiger partial charge in [-0.05, 0) is 69.1 Å². The van der Waals surface area contributed by atoms with E-state index in [1.54, 1.807) is 0 Å². The second-order valence-electron chi connectivity index (χ2n) is 10.2. The maximum absolute atomic E-state index is 2.38. The van der Waals surface area contributed by atoms with Crippen LogP contribution < -0.4 is 4.90 Å². The first kappa shape index (κ1) is 24.6. The zero-order valence-electron chi connectivity index (χ0n) is 22.7. The Labute approximate surface area is 241 Å². The summed E-state index contributed by atoms with van der Waals surface area (Å²) in [6.45, 7) is 0. The third-order valence-electron chi connectivity index (χ3n) is 7.69. The summed E-state index contributed by atoms with van der Waals surface area (Å²) in [4.78, 5) is 2.38. The molecule has 0 aliphatic rings. The van der Waals surface area contributed by atoms with Gasteiger partial charge in [0.2, 0.25) is 0 Å². The minimum atomic E-state index is 1.12. The molecule has 194 valence electrons. The van der Waals surface area contributed by atoms with Crippen molar-refractivity contribution in [2.45, 2.75) is 0 Å². The van der Waals surface area contributed by atoms with Crippen molar-refractivity contribution >= 4 is 27.8 Å². The molecule has 0 aliphatic carbocycles. The van der Waals surface area contributed by atoms with Crippen LogP contribution in [0.3, 0.4) is 0 Å². The Hall–Kier alpha value is -5.40. The molecule has 1 heteroatoms. The van der Waals surface area contributed by atoms with Crippen LogP contribution in [0.1, 0.15) is 0 Å². The van der Waals surface area contributed by atoms with Gasteiger partial charge in [-0.1, -0.05) is 146 Å². The van der Waals surface area contributed by atoms with Gasteiger partial charge in [0.25, 0.3) is 0 Å². The lowest BCUT2D eigenvalue weighted by Gasteiger charge is -2.27. The van der Waals surface area contributed by atoms with Crippen LogP contribution in [-0.2, 0) is 0 Å². The largest absolute Gasteiger partial charge is 0.310 e. The summed E-state index contributed by atoms with van der Waals surface area (Å²) in [6.07, 6.45) is 0. The van der Waals surface area contributed by atoms with E-state index < -0.39 is 0 Å². The van der Waals surface area contributed by atoms with Crippen molar-refractivity contribution in [3.63, 3.8) is 0 Å². The van der Waals surface area contributed by atoms with Crippen molar-refractivity contribution in [1.82, 2.24) is 0 Å². The summed E-state index contributed by atoms with van der Waals surface area (Å²) in [5, 5.41) is 2.45. The highest BCUT2D eigenvalue weighted by molar-refractivity contribution is 6.05. The first-order chi connectivity index (χ1) is 20.3. The summed E-state index contributed by atoms with van der Waals surface area (Å²) < 4.78 is 0. The second kappa shape index (κ2) is 11.0. The van der Waals surface area contributed by atoms with Gasteiger partial charge in [0.05, 0.1) is 5.69 Å². The van der Waals surface area contributed by atoms with Crippen LogP contribution in [0.25, 0.3) is 44.2 Å². The average Bonchev–Trinajstić information content (AvgIpc) is 3.07. The summed E-state index contributed by atoms with van der Waals surface area (Å²) in [5.41, 5.74) is 10.7. The van der Waals surface area contributed by atoms with Crippen LogP contribution in [0.5, 0.6) is 0 Å². The topological polar surface area (TPSA) is 3.24 Å². The highest BCUT2D eigenvalue weighted by Crippen LogP contribution is 2.42. The molecule has 1 nitrogen and oxygen atoms in total. The van der Waals surface area contributed by atoms with Crippen LogP contribution in [0.15, 0.2) is 176 Å². The summed E-state index contributed by atoms with van der Waals surface area (Å²) in [6, 6.07) is 62.8. The molecule has 0 radical (unpaired) electrons. The molecule has 0 atom stereocenters. The highest BCUT2D eigenvalue weighted by Gasteiger charge is 2.17. The molecule has 0 saturated heterocycles. The highest BCUT2D eigenvalue weighted by atomic mass is 15.1. The Morgan fingerprint density at radius 1 is 0.268 bits per heavy atom. The van der Waals surface area contributed by atoms with E-state index in [4.69, 9.17) is 0 Å². The Morgan fingerprint density at radius 2 is 0.683 bits per heavy atom. The molecule has 0 aliphatic heterocycles. The van der Waals surface area contributed by atoms with E-state index in [-0.39, 0.29) is 0 Å². The molecule has 0 heterocycles. The van der Waals surface area contributed by atoms with Gasteiger partial charge in [-0.15, -0.1) is 0 Å². The van der Waals surface area contributed by atoms with E-state index in [9.17, 15) is 0 Å². The number of hydrogen-bond acceptors (Lipinski definition) is 1. The number of rotatable bonds is 6. The fourth-order valence-corrected chi connectivity index (χ4v) is 5.65. The number of fused-ring (bicyclic) bond motifs is 1. The van der Waals surface area contributed by atoms with E-state index in [1.807, 2.05) is 0 Å². The molecule has 0 N–H and O–H groups in total. The monoisotopic (exact) mass is 523 g/mol. The summed E-state index contributed by atoms with van der Waals surface area (Å²) in [5.74, 6) is 0. The van der Waals surface area contributed by atoms with Gasteiger partial charge < -0.3 is 4.90 Å². The summed E-state index contributed by atoms with van der Waals surface area (Å²) in [7, 11) is 0. The van der Waals surface area contributed by atoms with Crippen LogP contribution in [0.4, 0.5) is 17.1 Å². The number of anilines is 3. The molecular weight excluding hydrogens is 494 g/mol. The lowest BCUT2D eigenvalue weighted by atomic mass is 9.96. The molecule has 0 fully saturated rings. The van der Waals surface area contributed by atoms with E-state index in [1.165, 1.54) is 44.2 Å². The molecule has 0 amide bonds. The van der Waals surface area contributed by atoms with Crippen molar-refractivity contribution < 1.29 is 0 Å². The molecule has 0 bridgehead atoms.